The Labute approximate surface area is 154 Å². The largest absolute Gasteiger partial charge is 0.497 e. The molecule has 0 saturated heterocycles. The molecule has 0 bridgehead atoms. The lowest BCUT2D eigenvalue weighted by Gasteiger charge is -2.38. The Bertz CT molecular complexity index is 902. The number of rotatable bonds is 4. The van der Waals surface area contributed by atoms with E-state index in [1.54, 1.807) is 44.5 Å². The Morgan fingerprint density at radius 3 is 2.19 bits per heavy atom. The zero-order valence-corrected chi connectivity index (χ0v) is 16.2. The number of hydrogen-bond donors (Lipinski definition) is 0. The van der Waals surface area contributed by atoms with Gasteiger partial charge in [0.2, 0.25) is 0 Å². The standard InChI is InChI=1S/C20H23NO4S/c1-14-5-11-19(12-6-14)26(22,23)21-13-15(2)25-20(16(21)3)17-7-9-18(24-4)10-8-17/h5-13,16,20H,1-4H3/t16-,20?/m0/s1. The van der Waals surface area contributed by atoms with Gasteiger partial charge in [0, 0.05) is 0 Å². The molecule has 3 rings (SSSR count). The van der Waals surface area contributed by atoms with Crippen molar-refractivity contribution in [2.24, 2.45) is 0 Å². The molecule has 0 N–H and O–H groups in total. The third kappa shape index (κ3) is 3.42. The SMILES string of the molecule is COc1ccc(C2OC(C)=CN(S(=O)(=O)c3ccc(C)cc3)[C@H]2C)cc1. The molecular formula is C20H23NO4S. The van der Waals surface area contributed by atoms with Gasteiger partial charge in [-0.05, 0) is 50.6 Å². The van der Waals surface area contributed by atoms with Gasteiger partial charge in [0.1, 0.15) is 17.6 Å². The monoisotopic (exact) mass is 373 g/mol. The second kappa shape index (κ2) is 7.03. The predicted octanol–water partition coefficient (Wildman–Crippen LogP) is 4.02. The molecule has 5 nitrogen and oxygen atoms in total. The van der Waals surface area contributed by atoms with Crippen LogP contribution in [0.2, 0.25) is 0 Å². The minimum absolute atomic E-state index is 0.273. The molecular weight excluding hydrogens is 350 g/mol. The van der Waals surface area contributed by atoms with E-state index in [9.17, 15) is 8.42 Å². The van der Waals surface area contributed by atoms with E-state index in [0.29, 0.717) is 5.76 Å². The van der Waals surface area contributed by atoms with Gasteiger partial charge >= 0.3 is 0 Å². The second-order valence-electron chi connectivity index (χ2n) is 6.44. The third-order valence-corrected chi connectivity index (χ3v) is 6.36. The number of aryl methyl sites for hydroxylation is 1. The van der Waals surface area contributed by atoms with E-state index < -0.39 is 22.2 Å². The van der Waals surface area contributed by atoms with Crippen LogP contribution < -0.4 is 4.74 Å². The van der Waals surface area contributed by atoms with E-state index in [-0.39, 0.29) is 4.90 Å². The average Bonchev–Trinajstić information content (AvgIpc) is 2.63. The van der Waals surface area contributed by atoms with Gasteiger partial charge in [0.25, 0.3) is 10.0 Å². The lowest BCUT2D eigenvalue weighted by atomic mass is 10.0. The molecule has 2 aromatic rings. The van der Waals surface area contributed by atoms with Crippen LogP contribution in [0, 0.1) is 6.92 Å². The molecule has 0 aromatic heterocycles. The van der Waals surface area contributed by atoms with Crippen LogP contribution in [0.5, 0.6) is 5.75 Å². The van der Waals surface area contributed by atoms with Crippen molar-refractivity contribution in [2.75, 3.05) is 7.11 Å². The zero-order chi connectivity index (χ0) is 18.9. The molecule has 0 saturated carbocycles. The van der Waals surface area contributed by atoms with Crippen molar-refractivity contribution >= 4 is 10.0 Å². The first-order valence-corrected chi connectivity index (χ1v) is 9.86. The van der Waals surface area contributed by atoms with Crippen molar-refractivity contribution < 1.29 is 17.9 Å². The molecule has 6 heteroatoms. The number of sulfonamides is 1. The van der Waals surface area contributed by atoms with Crippen LogP contribution in [0.1, 0.15) is 31.1 Å². The van der Waals surface area contributed by atoms with E-state index in [4.69, 9.17) is 9.47 Å². The molecule has 1 unspecified atom stereocenters. The summed E-state index contributed by atoms with van der Waals surface area (Å²) in [5.41, 5.74) is 1.91. The molecule has 26 heavy (non-hydrogen) atoms. The fraction of sp³-hybridized carbons (Fsp3) is 0.300. The number of nitrogens with zero attached hydrogens (tertiary/aromatic N) is 1. The van der Waals surface area contributed by atoms with Crippen LogP contribution in [0.4, 0.5) is 0 Å². The Morgan fingerprint density at radius 1 is 1.00 bits per heavy atom. The summed E-state index contributed by atoms with van der Waals surface area (Å²) >= 11 is 0. The van der Waals surface area contributed by atoms with Crippen molar-refractivity contribution in [1.82, 2.24) is 4.31 Å². The van der Waals surface area contributed by atoms with Gasteiger partial charge in [-0.25, -0.2) is 8.42 Å². The second-order valence-corrected chi connectivity index (χ2v) is 8.28. The van der Waals surface area contributed by atoms with Gasteiger partial charge in [-0.1, -0.05) is 29.8 Å². The van der Waals surface area contributed by atoms with E-state index in [1.165, 1.54) is 4.31 Å². The molecule has 0 fully saturated rings. The fourth-order valence-electron chi connectivity index (χ4n) is 3.02. The molecule has 138 valence electrons. The smallest absolute Gasteiger partial charge is 0.264 e. The summed E-state index contributed by atoms with van der Waals surface area (Å²) in [5.74, 6) is 1.30. The minimum Gasteiger partial charge on any atom is -0.497 e. The van der Waals surface area contributed by atoms with Crippen LogP contribution in [-0.2, 0) is 14.8 Å². The first-order valence-electron chi connectivity index (χ1n) is 8.42. The van der Waals surface area contributed by atoms with Gasteiger partial charge in [-0.15, -0.1) is 0 Å². The lowest BCUT2D eigenvalue weighted by Crippen LogP contribution is -2.42. The molecule has 1 heterocycles. The predicted molar refractivity (Wildman–Crippen MR) is 100 cm³/mol. The molecule has 0 aliphatic carbocycles. The fourth-order valence-corrected chi connectivity index (χ4v) is 4.58. The Morgan fingerprint density at radius 2 is 1.62 bits per heavy atom. The topological polar surface area (TPSA) is 55.8 Å². The summed E-state index contributed by atoms with van der Waals surface area (Å²) in [6, 6.07) is 14.0. The van der Waals surface area contributed by atoms with E-state index >= 15 is 0 Å². The van der Waals surface area contributed by atoms with Crippen LogP contribution in [0.3, 0.4) is 0 Å². The molecule has 1 aliphatic heterocycles. The van der Waals surface area contributed by atoms with Crippen molar-refractivity contribution in [3.8, 4) is 5.75 Å². The van der Waals surface area contributed by atoms with Crippen molar-refractivity contribution in [3.05, 3.63) is 71.6 Å². The van der Waals surface area contributed by atoms with Crippen LogP contribution in [0.25, 0.3) is 0 Å². The number of hydrogen-bond acceptors (Lipinski definition) is 4. The van der Waals surface area contributed by atoms with Crippen molar-refractivity contribution in [2.45, 2.75) is 37.8 Å². The highest BCUT2D eigenvalue weighted by Gasteiger charge is 2.36. The Balaban J connectivity index is 1.96. The normalized spacial score (nSPS) is 20.3. The van der Waals surface area contributed by atoms with E-state index in [1.807, 2.05) is 38.1 Å². The summed E-state index contributed by atoms with van der Waals surface area (Å²) in [5, 5.41) is 0. The van der Waals surface area contributed by atoms with Gasteiger partial charge in [-0.2, -0.15) is 0 Å². The van der Waals surface area contributed by atoms with E-state index in [2.05, 4.69) is 0 Å². The highest BCUT2D eigenvalue weighted by molar-refractivity contribution is 7.89. The maximum atomic E-state index is 13.1. The Kier molecular flexibility index (Phi) is 4.96. The minimum atomic E-state index is -3.66. The summed E-state index contributed by atoms with van der Waals surface area (Å²) < 4.78 is 38.8. The first kappa shape index (κ1) is 18.3. The van der Waals surface area contributed by atoms with Gasteiger partial charge in [0.15, 0.2) is 0 Å². The molecule has 2 aromatic carbocycles. The first-order chi connectivity index (χ1) is 12.3. The van der Waals surface area contributed by atoms with Gasteiger partial charge < -0.3 is 9.47 Å². The maximum Gasteiger partial charge on any atom is 0.264 e. The highest BCUT2D eigenvalue weighted by atomic mass is 32.2. The number of ether oxygens (including phenoxy) is 2. The molecule has 0 amide bonds. The number of benzene rings is 2. The molecule has 1 aliphatic rings. The third-order valence-electron chi connectivity index (χ3n) is 4.50. The number of allylic oxidation sites excluding steroid dienone is 1. The van der Waals surface area contributed by atoms with Crippen LogP contribution in [0.15, 0.2) is 65.4 Å². The number of methoxy groups -OCH3 is 1. The molecule has 2 atom stereocenters. The van der Waals surface area contributed by atoms with Crippen molar-refractivity contribution in [3.63, 3.8) is 0 Å². The highest BCUT2D eigenvalue weighted by Crippen LogP contribution is 2.35. The summed E-state index contributed by atoms with van der Waals surface area (Å²) in [6.07, 6.45) is 1.16. The summed E-state index contributed by atoms with van der Waals surface area (Å²) in [6.45, 7) is 5.54. The van der Waals surface area contributed by atoms with Crippen LogP contribution >= 0.6 is 0 Å². The lowest BCUT2D eigenvalue weighted by molar-refractivity contribution is 0.0454. The summed E-state index contributed by atoms with van der Waals surface area (Å²) in [7, 11) is -2.05. The van der Waals surface area contributed by atoms with Gasteiger partial charge in [0.05, 0.1) is 24.2 Å². The van der Waals surface area contributed by atoms with Crippen LogP contribution in [-0.4, -0.2) is 25.9 Å². The maximum absolute atomic E-state index is 13.1. The van der Waals surface area contributed by atoms with Gasteiger partial charge in [-0.3, -0.25) is 4.31 Å². The summed E-state index contributed by atoms with van der Waals surface area (Å²) in [4.78, 5) is 0.273. The van der Waals surface area contributed by atoms with E-state index in [0.717, 1.165) is 16.9 Å². The molecule has 0 spiro atoms. The van der Waals surface area contributed by atoms with Crippen molar-refractivity contribution in [1.29, 1.82) is 0 Å². The quantitative estimate of drug-likeness (QED) is 0.812. The average molecular weight is 373 g/mol. The zero-order valence-electron chi connectivity index (χ0n) is 15.3. The molecule has 0 radical (unpaired) electrons. The Hall–Kier alpha value is -2.47.